The number of piperidine rings is 1. The summed E-state index contributed by atoms with van der Waals surface area (Å²) in [6.07, 6.45) is 2.81. The molecule has 0 radical (unpaired) electrons. The smallest absolute Gasteiger partial charge is 0.241 e. The molecule has 0 spiro atoms. The van der Waals surface area contributed by atoms with Crippen LogP contribution in [0.1, 0.15) is 36.8 Å². The third-order valence-corrected chi connectivity index (χ3v) is 7.18. The van der Waals surface area contributed by atoms with E-state index in [2.05, 4.69) is 4.72 Å². The van der Waals surface area contributed by atoms with E-state index >= 15 is 4.39 Å². The maximum Gasteiger partial charge on any atom is 0.241 e. The molecule has 1 fully saturated rings. The largest absolute Gasteiger partial charge is 0.338 e. The number of nitrogens with one attached hydrogen (secondary N) is 1. The van der Waals surface area contributed by atoms with Crippen molar-refractivity contribution in [3.8, 4) is 11.1 Å². The van der Waals surface area contributed by atoms with E-state index in [-0.39, 0.29) is 18.1 Å². The minimum Gasteiger partial charge on any atom is -0.338 e. The first-order valence-electron chi connectivity index (χ1n) is 10.6. The Hall–Kier alpha value is -2.32. The highest BCUT2D eigenvalue weighted by molar-refractivity contribution is 7.89. The van der Waals surface area contributed by atoms with Gasteiger partial charge in [-0.2, -0.15) is 0 Å². The molecule has 2 aliphatic heterocycles. The Morgan fingerprint density at radius 2 is 1.74 bits per heavy atom. The predicted molar refractivity (Wildman–Crippen MR) is 115 cm³/mol. The average molecular weight is 449 g/mol. The van der Waals surface area contributed by atoms with Crippen molar-refractivity contribution in [3.05, 3.63) is 59.4 Å². The molecule has 1 N–H and O–H groups in total. The van der Waals surface area contributed by atoms with Gasteiger partial charge in [0.05, 0.1) is 6.04 Å². The minimum atomic E-state index is -4.11. The number of hydrogen-bond donors (Lipinski definition) is 1. The average Bonchev–Trinajstić information content (AvgIpc) is 2.76. The lowest BCUT2D eigenvalue weighted by Crippen LogP contribution is -2.58. The molecule has 1 amide bonds. The summed E-state index contributed by atoms with van der Waals surface area (Å²) in [5, 5.41) is 0. The molecule has 1 saturated heterocycles. The minimum absolute atomic E-state index is 0.0798. The molecule has 31 heavy (non-hydrogen) atoms. The van der Waals surface area contributed by atoms with Gasteiger partial charge >= 0.3 is 0 Å². The van der Waals surface area contributed by atoms with Gasteiger partial charge in [0.25, 0.3) is 0 Å². The van der Waals surface area contributed by atoms with Gasteiger partial charge in [0, 0.05) is 24.6 Å². The van der Waals surface area contributed by atoms with Crippen molar-refractivity contribution in [3.63, 3.8) is 0 Å². The van der Waals surface area contributed by atoms with Crippen LogP contribution in [0.15, 0.2) is 42.5 Å². The fraction of sp³-hybridized carbons (Fsp3) is 0.435. The third kappa shape index (κ3) is 4.65. The lowest BCUT2D eigenvalue weighted by Gasteiger charge is -2.42. The van der Waals surface area contributed by atoms with Gasteiger partial charge in [0.2, 0.25) is 21.9 Å². The highest BCUT2D eigenvalue weighted by atomic mass is 32.2. The molecule has 2 bridgehead atoms. The van der Waals surface area contributed by atoms with Crippen LogP contribution in [0.4, 0.5) is 8.78 Å². The van der Waals surface area contributed by atoms with Gasteiger partial charge in [0.15, 0.2) is 0 Å². The lowest BCUT2D eigenvalue weighted by atomic mass is 9.88. The Morgan fingerprint density at radius 3 is 2.55 bits per heavy atom. The van der Waals surface area contributed by atoms with Crippen LogP contribution in [0, 0.1) is 5.82 Å². The van der Waals surface area contributed by atoms with Crippen LogP contribution in [0.25, 0.3) is 11.1 Å². The molecule has 2 heterocycles. The molecule has 0 aliphatic carbocycles. The Kier molecular flexibility index (Phi) is 6.39. The van der Waals surface area contributed by atoms with Crippen LogP contribution in [0.5, 0.6) is 0 Å². The molecule has 2 unspecified atom stereocenters. The lowest BCUT2D eigenvalue weighted by molar-refractivity contribution is -0.135. The van der Waals surface area contributed by atoms with E-state index in [4.69, 9.17) is 0 Å². The number of rotatable bonds is 3. The number of amides is 1. The fourth-order valence-corrected chi connectivity index (χ4v) is 5.56. The van der Waals surface area contributed by atoms with E-state index in [0.717, 1.165) is 11.1 Å². The number of hydrogen-bond acceptors (Lipinski definition) is 3. The highest BCUT2D eigenvalue weighted by Crippen LogP contribution is 2.32. The molecular weight excluding hydrogens is 422 g/mol. The Balaban J connectivity index is 1.78. The molecule has 0 saturated carbocycles. The zero-order chi connectivity index (χ0) is 22.0. The summed E-state index contributed by atoms with van der Waals surface area (Å²) < 4.78 is 54.8. The van der Waals surface area contributed by atoms with Crippen LogP contribution in [0.3, 0.4) is 0 Å². The number of carbonyl (C=O) groups excluding carboxylic acids is 1. The van der Waals surface area contributed by atoms with Crippen molar-refractivity contribution in [2.24, 2.45) is 0 Å². The van der Waals surface area contributed by atoms with Crippen molar-refractivity contribution in [1.82, 2.24) is 9.62 Å². The van der Waals surface area contributed by atoms with E-state index in [1.807, 2.05) is 24.3 Å². The SMILES string of the molecule is O=C1CCCc2ccccc2-c2cccc(c2F)CC2C(NS(=O)(=O)CF)CCCN12. The number of nitrogens with zero attached hydrogens (tertiary/aromatic N) is 1. The van der Waals surface area contributed by atoms with Gasteiger partial charge in [-0.25, -0.2) is 21.9 Å². The molecule has 0 aromatic heterocycles. The van der Waals surface area contributed by atoms with E-state index < -0.39 is 28.1 Å². The number of fused-ring (bicyclic) bond motifs is 5. The van der Waals surface area contributed by atoms with Crippen molar-refractivity contribution >= 4 is 15.9 Å². The molecule has 5 nitrogen and oxygen atoms in total. The van der Waals surface area contributed by atoms with Crippen molar-refractivity contribution in [2.45, 2.75) is 50.6 Å². The zero-order valence-corrected chi connectivity index (χ0v) is 18.0. The topological polar surface area (TPSA) is 66.5 Å². The molecular formula is C23H26F2N2O3S. The maximum atomic E-state index is 15.6. The molecule has 4 rings (SSSR count). The van der Waals surface area contributed by atoms with Gasteiger partial charge in [-0.3, -0.25) is 4.79 Å². The van der Waals surface area contributed by atoms with E-state index in [1.54, 1.807) is 23.1 Å². The summed E-state index contributed by atoms with van der Waals surface area (Å²) in [6.45, 7) is 0.481. The summed E-state index contributed by atoms with van der Waals surface area (Å²) in [5.41, 5.74) is 2.73. The Morgan fingerprint density at radius 1 is 1.00 bits per heavy atom. The number of aryl methyl sites for hydroxylation is 1. The molecule has 166 valence electrons. The first-order chi connectivity index (χ1) is 14.9. The van der Waals surface area contributed by atoms with Crippen LogP contribution in [0.2, 0.25) is 0 Å². The number of alkyl halides is 1. The number of benzene rings is 2. The molecule has 2 atom stereocenters. The molecule has 2 aromatic rings. The summed E-state index contributed by atoms with van der Waals surface area (Å²) in [6, 6.07) is 10.1. The Bertz CT molecular complexity index is 1070. The third-order valence-electron chi connectivity index (χ3n) is 6.23. The first kappa shape index (κ1) is 21.9. The van der Waals surface area contributed by atoms with Crippen molar-refractivity contribution in [1.29, 1.82) is 0 Å². The number of sulfonamides is 1. The number of carbonyl (C=O) groups is 1. The van der Waals surface area contributed by atoms with E-state index in [9.17, 15) is 17.6 Å². The highest BCUT2D eigenvalue weighted by Gasteiger charge is 2.37. The predicted octanol–water partition coefficient (Wildman–Crippen LogP) is 3.58. The monoisotopic (exact) mass is 448 g/mol. The maximum absolute atomic E-state index is 15.6. The zero-order valence-electron chi connectivity index (χ0n) is 17.2. The second kappa shape index (κ2) is 9.04. The van der Waals surface area contributed by atoms with Gasteiger partial charge in [-0.1, -0.05) is 42.5 Å². The Labute approximate surface area is 181 Å². The van der Waals surface area contributed by atoms with Crippen molar-refractivity contribution < 1.29 is 22.0 Å². The first-order valence-corrected chi connectivity index (χ1v) is 12.3. The molecule has 2 aromatic carbocycles. The summed E-state index contributed by atoms with van der Waals surface area (Å²) in [5.74, 6) is -0.440. The fourth-order valence-electron chi connectivity index (χ4n) is 4.76. The normalized spacial score (nSPS) is 22.1. The van der Waals surface area contributed by atoms with Crippen LogP contribution >= 0.6 is 0 Å². The number of halogens is 2. The molecule has 8 heteroatoms. The van der Waals surface area contributed by atoms with Crippen LogP contribution in [-0.2, 0) is 27.7 Å². The van der Waals surface area contributed by atoms with Gasteiger partial charge in [0.1, 0.15) is 5.82 Å². The second-order valence-electron chi connectivity index (χ2n) is 8.24. The van der Waals surface area contributed by atoms with E-state index in [0.29, 0.717) is 49.8 Å². The van der Waals surface area contributed by atoms with Crippen LogP contribution < -0.4 is 4.72 Å². The van der Waals surface area contributed by atoms with Gasteiger partial charge in [-0.05, 0) is 48.8 Å². The standard InChI is InChI=1S/C23H26F2N2O3S/c24-15-31(29,30)26-20-11-5-13-27-21(20)14-17-8-3-10-19(23(17)25)18-9-2-1-6-16(18)7-4-12-22(27)28/h1-3,6,8-10,20-21,26H,4-5,7,11-15H2. The van der Waals surface area contributed by atoms with Crippen molar-refractivity contribution in [2.75, 3.05) is 12.6 Å². The quantitative estimate of drug-likeness (QED) is 0.781. The van der Waals surface area contributed by atoms with Crippen LogP contribution in [-0.4, -0.2) is 43.9 Å². The molecule has 2 aliphatic rings. The summed E-state index contributed by atoms with van der Waals surface area (Å²) in [4.78, 5) is 14.7. The van der Waals surface area contributed by atoms with Gasteiger partial charge in [-0.15, -0.1) is 0 Å². The van der Waals surface area contributed by atoms with E-state index in [1.165, 1.54) is 0 Å². The van der Waals surface area contributed by atoms with Gasteiger partial charge < -0.3 is 4.90 Å². The second-order valence-corrected chi connectivity index (χ2v) is 9.92. The summed E-state index contributed by atoms with van der Waals surface area (Å²) in [7, 11) is -4.11. The summed E-state index contributed by atoms with van der Waals surface area (Å²) >= 11 is 0.